The molecule has 0 radical (unpaired) electrons. The molecule has 0 bridgehead atoms. The summed E-state index contributed by atoms with van der Waals surface area (Å²) in [5.41, 5.74) is 1.03. The minimum atomic E-state index is 0.425. The van der Waals surface area contributed by atoms with Crippen molar-refractivity contribution in [2.24, 2.45) is 16.7 Å². The molecule has 1 aliphatic heterocycles. The van der Waals surface area contributed by atoms with Crippen molar-refractivity contribution in [1.82, 2.24) is 10.2 Å². The van der Waals surface area contributed by atoms with Crippen LogP contribution in [0, 0.1) is 16.7 Å². The highest BCUT2D eigenvalue weighted by Gasteiger charge is 2.31. The van der Waals surface area contributed by atoms with Crippen molar-refractivity contribution in [3.8, 4) is 0 Å². The Morgan fingerprint density at radius 3 is 2.25 bits per heavy atom. The molecule has 120 valence electrons. The van der Waals surface area contributed by atoms with E-state index in [1.807, 2.05) is 0 Å². The lowest BCUT2D eigenvalue weighted by Crippen LogP contribution is -2.46. The molecule has 1 unspecified atom stereocenters. The minimum absolute atomic E-state index is 0.425. The molecule has 1 atom stereocenters. The van der Waals surface area contributed by atoms with Gasteiger partial charge in [0.15, 0.2) is 0 Å². The molecule has 2 nitrogen and oxygen atoms in total. The second-order valence-corrected chi connectivity index (χ2v) is 8.13. The number of nitrogens with one attached hydrogen (secondary N) is 1. The van der Waals surface area contributed by atoms with Gasteiger partial charge in [-0.1, -0.05) is 48.0 Å². The maximum Gasteiger partial charge on any atom is 0.00474 e. The molecule has 1 N–H and O–H groups in total. The summed E-state index contributed by atoms with van der Waals surface area (Å²) < 4.78 is 0. The normalized spacial score (nSPS) is 22.9. The summed E-state index contributed by atoms with van der Waals surface area (Å²) in [6.07, 6.45) is 5.35. The second-order valence-electron chi connectivity index (χ2n) is 8.13. The Hall–Kier alpha value is -0.0800. The van der Waals surface area contributed by atoms with E-state index in [0.29, 0.717) is 10.8 Å². The molecule has 0 saturated carbocycles. The Kier molecular flexibility index (Phi) is 7.00. The Labute approximate surface area is 127 Å². The first-order chi connectivity index (χ1) is 9.32. The average Bonchev–Trinajstić information content (AvgIpc) is 2.41. The molecule has 1 fully saturated rings. The number of hydrogen-bond donors (Lipinski definition) is 1. The van der Waals surface area contributed by atoms with E-state index < -0.39 is 0 Å². The van der Waals surface area contributed by atoms with Crippen LogP contribution in [0.4, 0.5) is 0 Å². The van der Waals surface area contributed by atoms with Gasteiger partial charge in [0.25, 0.3) is 0 Å². The van der Waals surface area contributed by atoms with Crippen LogP contribution < -0.4 is 5.32 Å². The highest BCUT2D eigenvalue weighted by Crippen LogP contribution is 2.35. The van der Waals surface area contributed by atoms with Crippen LogP contribution in [-0.2, 0) is 0 Å². The fourth-order valence-electron chi connectivity index (χ4n) is 3.10. The summed E-state index contributed by atoms with van der Waals surface area (Å²) >= 11 is 0. The van der Waals surface area contributed by atoms with Crippen molar-refractivity contribution in [3.05, 3.63) is 0 Å². The molecular formula is C18H38N2. The summed E-state index contributed by atoms with van der Waals surface area (Å²) in [4.78, 5) is 2.71. The lowest BCUT2D eigenvalue weighted by Gasteiger charge is -2.42. The first-order valence-electron chi connectivity index (χ1n) is 8.75. The molecule has 20 heavy (non-hydrogen) atoms. The molecular weight excluding hydrogens is 244 g/mol. The largest absolute Gasteiger partial charge is 0.316 e. The van der Waals surface area contributed by atoms with Gasteiger partial charge in [0, 0.05) is 13.1 Å². The van der Waals surface area contributed by atoms with Crippen molar-refractivity contribution in [2.45, 2.75) is 67.2 Å². The zero-order chi connectivity index (χ0) is 15.2. The number of likely N-dealkylation sites (tertiary alicyclic amines) is 1. The van der Waals surface area contributed by atoms with E-state index in [0.717, 1.165) is 19.0 Å². The van der Waals surface area contributed by atoms with Gasteiger partial charge in [-0.2, -0.15) is 0 Å². The molecule has 0 aromatic heterocycles. The van der Waals surface area contributed by atoms with Crippen molar-refractivity contribution in [1.29, 1.82) is 0 Å². The van der Waals surface area contributed by atoms with E-state index in [4.69, 9.17) is 0 Å². The van der Waals surface area contributed by atoms with Crippen LogP contribution in [0.5, 0.6) is 0 Å². The molecule has 0 aromatic carbocycles. The summed E-state index contributed by atoms with van der Waals surface area (Å²) in [5, 5.41) is 3.67. The van der Waals surface area contributed by atoms with Gasteiger partial charge < -0.3 is 10.2 Å². The molecule has 1 saturated heterocycles. The molecule has 0 amide bonds. The molecule has 1 rings (SSSR count). The third-order valence-electron chi connectivity index (χ3n) is 5.48. The topological polar surface area (TPSA) is 15.3 Å². The maximum absolute atomic E-state index is 3.67. The van der Waals surface area contributed by atoms with E-state index >= 15 is 0 Å². The monoisotopic (exact) mass is 282 g/mol. The van der Waals surface area contributed by atoms with Crippen LogP contribution in [-0.4, -0.2) is 37.6 Å². The third-order valence-corrected chi connectivity index (χ3v) is 5.48. The Bertz CT molecular complexity index is 267. The molecule has 0 aliphatic carbocycles. The van der Waals surface area contributed by atoms with Gasteiger partial charge >= 0.3 is 0 Å². The fraction of sp³-hybridized carbons (Fsp3) is 1.00. The Balaban J connectivity index is 2.40. The van der Waals surface area contributed by atoms with Gasteiger partial charge in [0.2, 0.25) is 0 Å². The smallest absolute Gasteiger partial charge is 0.00474 e. The van der Waals surface area contributed by atoms with Crippen molar-refractivity contribution >= 4 is 0 Å². The molecule has 2 heteroatoms. The number of piperidine rings is 1. The van der Waals surface area contributed by atoms with E-state index in [1.54, 1.807) is 0 Å². The number of nitrogens with zero attached hydrogens (tertiary/aromatic N) is 1. The SMILES string of the molecule is CCC1(C)CCN(CC(C)(CC)CNCC(C)C)CC1. The van der Waals surface area contributed by atoms with E-state index in [1.165, 1.54) is 45.3 Å². The lowest BCUT2D eigenvalue weighted by atomic mass is 9.77. The first kappa shape index (κ1) is 18.0. The van der Waals surface area contributed by atoms with Crippen LogP contribution in [0.1, 0.15) is 67.2 Å². The summed E-state index contributed by atoms with van der Waals surface area (Å²) in [7, 11) is 0. The minimum Gasteiger partial charge on any atom is -0.316 e. The second kappa shape index (κ2) is 7.79. The van der Waals surface area contributed by atoms with Gasteiger partial charge in [-0.25, -0.2) is 0 Å². The van der Waals surface area contributed by atoms with Gasteiger partial charge in [-0.15, -0.1) is 0 Å². The average molecular weight is 283 g/mol. The van der Waals surface area contributed by atoms with Crippen LogP contribution in [0.15, 0.2) is 0 Å². The van der Waals surface area contributed by atoms with E-state index in [9.17, 15) is 0 Å². The van der Waals surface area contributed by atoms with Crippen LogP contribution in [0.2, 0.25) is 0 Å². The summed E-state index contributed by atoms with van der Waals surface area (Å²) in [5.74, 6) is 0.747. The van der Waals surface area contributed by atoms with Gasteiger partial charge in [-0.3, -0.25) is 0 Å². The first-order valence-corrected chi connectivity index (χ1v) is 8.75. The highest BCUT2D eigenvalue weighted by atomic mass is 15.1. The standard InChI is InChI=1S/C18H38N2/c1-7-17(5)9-11-20(12-10-17)15-18(6,8-2)14-19-13-16(3)4/h16,19H,7-15H2,1-6H3. The number of hydrogen-bond acceptors (Lipinski definition) is 2. The van der Waals surface area contributed by atoms with E-state index in [2.05, 4.69) is 51.8 Å². The highest BCUT2D eigenvalue weighted by molar-refractivity contribution is 4.86. The fourth-order valence-corrected chi connectivity index (χ4v) is 3.10. The molecule has 1 aliphatic rings. The molecule has 0 spiro atoms. The zero-order valence-corrected chi connectivity index (χ0v) is 14.9. The zero-order valence-electron chi connectivity index (χ0n) is 14.9. The quantitative estimate of drug-likeness (QED) is 0.719. The van der Waals surface area contributed by atoms with Crippen molar-refractivity contribution in [2.75, 3.05) is 32.7 Å². The van der Waals surface area contributed by atoms with Crippen LogP contribution >= 0.6 is 0 Å². The van der Waals surface area contributed by atoms with Gasteiger partial charge in [-0.05, 0) is 55.6 Å². The van der Waals surface area contributed by atoms with Gasteiger partial charge in [0.1, 0.15) is 0 Å². The third kappa shape index (κ3) is 5.73. The number of rotatable bonds is 8. The molecule has 0 aromatic rings. The van der Waals surface area contributed by atoms with E-state index in [-0.39, 0.29) is 0 Å². The predicted octanol–water partition coefficient (Wildman–Crippen LogP) is 4.16. The Morgan fingerprint density at radius 1 is 1.20 bits per heavy atom. The van der Waals surface area contributed by atoms with Gasteiger partial charge in [0.05, 0.1) is 0 Å². The lowest BCUT2D eigenvalue weighted by molar-refractivity contribution is 0.0750. The summed E-state index contributed by atoms with van der Waals surface area (Å²) in [6.45, 7) is 20.3. The molecule has 1 heterocycles. The van der Waals surface area contributed by atoms with Crippen molar-refractivity contribution < 1.29 is 0 Å². The van der Waals surface area contributed by atoms with Crippen LogP contribution in [0.3, 0.4) is 0 Å². The predicted molar refractivity (Wildman–Crippen MR) is 90.2 cm³/mol. The maximum atomic E-state index is 3.67. The Morgan fingerprint density at radius 2 is 1.80 bits per heavy atom. The van der Waals surface area contributed by atoms with Crippen molar-refractivity contribution in [3.63, 3.8) is 0 Å². The summed E-state index contributed by atoms with van der Waals surface area (Å²) in [6, 6.07) is 0. The van der Waals surface area contributed by atoms with Crippen LogP contribution in [0.25, 0.3) is 0 Å².